The Labute approximate surface area is 133 Å². The minimum atomic E-state index is 0. The molecule has 118 valence electrons. The Morgan fingerprint density at radius 1 is 1.43 bits per heavy atom. The highest BCUT2D eigenvalue weighted by atomic mass is 35.5. The van der Waals surface area contributed by atoms with E-state index in [9.17, 15) is 0 Å². The summed E-state index contributed by atoms with van der Waals surface area (Å²) in [6.07, 6.45) is 7.46. The molecule has 0 aliphatic carbocycles. The number of nitrogens with two attached hydrogens (primary N) is 1. The van der Waals surface area contributed by atoms with E-state index in [2.05, 4.69) is 18.4 Å². The quantitative estimate of drug-likeness (QED) is 0.439. The summed E-state index contributed by atoms with van der Waals surface area (Å²) >= 11 is 0. The number of unbranched alkanes of at least 4 members (excludes halogenated alkanes) is 2. The summed E-state index contributed by atoms with van der Waals surface area (Å²) in [5.41, 5.74) is 9.80. The number of nitrogens with one attached hydrogen (secondary N) is 1. The lowest BCUT2D eigenvalue weighted by atomic mass is 10.1. The van der Waals surface area contributed by atoms with Crippen LogP contribution in [0.15, 0.2) is 18.3 Å². The van der Waals surface area contributed by atoms with E-state index in [4.69, 9.17) is 15.7 Å². The van der Waals surface area contributed by atoms with E-state index < -0.39 is 0 Å². The minimum Gasteiger partial charge on any atom is -1.00 e. The van der Waals surface area contributed by atoms with Crippen LogP contribution < -0.4 is 33.0 Å². The van der Waals surface area contributed by atoms with E-state index in [-0.39, 0.29) is 18.4 Å². The predicted octanol–water partition coefficient (Wildman–Crippen LogP) is -1.30. The predicted molar refractivity (Wildman–Crippen MR) is 78.9 cm³/mol. The number of methoxy groups -OCH3 is 1. The summed E-state index contributed by atoms with van der Waals surface area (Å²) in [6.45, 7) is 2.95. The van der Waals surface area contributed by atoms with Crippen LogP contribution in [0.3, 0.4) is 0 Å². The highest BCUT2D eigenvalue weighted by Crippen LogP contribution is 2.09. The fourth-order valence-electron chi connectivity index (χ4n) is 2.08. The number of aromatic nitrogens is 1. The van der Waals surface area contributed by atoms with Crippen molar-refractivity contribution in [1.82, 2.24) is 0 Å². The summed E-state index contributed by atoms with van der Waals surface area (Å²) < 4.78 is 6.98. The van der Waals surface area contributed by atoms with Crippen LogP contribution in [-0.2, 0) is 0 Å². The van der Waals surface area contributed by atoms with E-state index in [1.807, 2.05) is 12.3 Å². The molecule has 0 spiro atoms. The van der Waals surface area contributed by atoms with Gasteiger partial charge in [0.2, 0.25) is 6.20 Å². The molecular formula is C15H25ClN4O. The molecule has 3 N–H and O–H groups in total. The molecule has 0 fully saturated rings. The Hall–Kier alpha value is -1.51. The van der Waals surface area contributed by atoms with E-state index in [0.29, 0.717) is 11.4 Å². The molecule has 1 aromatic heterocycles. The first kappa shape index (κ1) is 19.5. The summed E-state index contributed by atoms with van der Waals surface area (Å²) in [4.78, 5) is 0. The SMILES string of the molecule is CCCCCC(N)CCN[n+]1cccc(C#N)c1OC.[Cl-]. The zero-order valence-corrected chi connectivity index (χ0v) is 13.6. The molecule has 0 aliphatic rings. The molecule has 21 heavy (non-hydrogen) atoms. The molecule has 0 radical (unpaired) electrons. The second kappa shape index (κ2) is 11.2. The number of hydrogen-bond donors (Lipinski definition) is 2. The van der Waals surface area contributed by atoms with Crippen LogP contribution in [0, 0.1) is 11.3 Å². The smallest absolute Gasteiger partial charge is 0.414 e. The molecule has 5 nitrogen and oxygen atoms in total. The molecule has 0 aliphatic heterocycles. The lowest BCUT2D eigenvalue weighted by molar-refractivity contribution is -0.656. The number of hydrogen-bond acceptors (Lipinski definition) is 4. The molecule has 1 aromatic rings. The number of halogens is 1. The first-order valence-corrected chi connectivity index (χ1v) is 7.21. The Balaban J connectivity index is 0.00000400. The standard InChI is InChI=1S/C15H25N4O.ClH/c1-3-4-5-8-14(17)9-10-18-19-11-6-7-13(12-16)15(19)20-2;/h6-7,11,14,18H,3-5,8-10,17H2,1-2H3;1H/q+1;/p-1. The molecule has 1 unspecified atom stereocenters. The first-order chi connectivity index (χ1) is 9.72. The number of rotatable bonds is 9. The lowest BCUT2D eigenvalue weighted by Gasteiger charge is -2.11. The van der Waals surface area contributed by atoms with Gasteiger partial charge in [0.1, 0.15) is 6.07 Å². The van der Waals surface area contributed by atoms with E-state index >= 15 is 0 Å². The van der Waals surface area contributed by atoms with Gasteiger partial charge in [-0.3, -0.25) is 0 Å². The van der Waals surface area contributed by atoms with Crippen LogP contribution in [0.2, 0.25) is 0 Å². The monoisotopic (exact) mass is 312 g/mol. The van der Waals surface area contributed by atoms with Crippen molar-refractivity contribution < 1.29 is 21.8 Å². The third-order valence-electron chi connectivity index (χ3n) is 3.24. The molecule has 1 atom stereocenters. The summed E-state index contributed by atoms with van der Waals surface area (Å²) in [6, 6.07) is 5.88. The third-order valence-corrected chi connectivity index (χ3v) is 3.24. The maximum absolute atomic E-state index is 9.02. The molecular weight excluding hydrogens is 288 g/mol. The van der Waals surface area contributed by atoms with E-state index in [1.165, 1.54) is 19.3 Å². The van der Waals surface area contributed by atoms with Crippen molar-refractivity contribution in [2.75, 3.05) is 19.1 Å². The number of pyridine rings is 1. The normalized spacial score (nSPS) is 11.1. The Morgan fingerprint density at radius 2 is 2.19 bits per heavy atom. The van der Waals surface area contributed by atoms with E-state index in [0.717, 1.165) is 19.4 Å². The zero-order chi connectivity index (χ0) is 14.8. The zero-order valence-electron chi connectivity index (χ0n) is 12.8. The van der Waals surface area contributed by atoms with Crippen molar-refractivity contribution in [2.24, 2.45) is 5.73 Å². The molecule has 6 heteroatoms. The maximum Gasteiger partial charge on any atom is 0.414 e. The number of ether oxygens (including phenoxy) is 1. The minimum absolute atomic E-state index is 0. The molecule has 0 bridgehead atoms. The van der Waals surface area contributed by atoms with Gasteiger partial charge in [-0.25, -0.2) is 0 Å². The van der Waals surface area contributed by atoms with Gasteiger partial charge in [0.05, 0.1) is 13.7 Å². The van der Waals surface area contributed by atoms with Crippen LogP contribution >= 0.6 is 0 Å². The van der Waals surface area contributed by atoms with Crippen LogP contribution in [0.4, 0.5) is 0 Å². The van der Waals surface area contributed by atoms with Gasteiger partial charge in [0.25, 0.3) is 0 Å². The summed E-state index contributed by atoms with van der Waals surface area (Å²) in [7, 11) is 1.56. The van der Waals surface area contributed by atoms with Crippen LogP contribution in [0.1, 0.15) is 44.6 Å². The third kappa shape index (κ3) is 6.65. The fourth-order valence-corrected chi connectivity index (χ4v) is 2.08. The largest absolute Gasteiger partial charge is 1.00 e. The molecule has 1 rings (SSSR count). The first-order valence-electron chi connectivity index (χ1n) is 7.21. The Morgan fingerprint density at radius 3 is 2.81 bits per heavy atom. The molecule has 0 amide bonds. The van der Waals surface area contributed by atoms with Gasteiger partial charge in [0.15, 0.2) is 5.56 Å². The van der Waals surface area contributed by atoms with Gasteiger partial charge in [0, 0.05) is 12.1 Å². The van der Waals surface area contributed by atoms with Crippen molar-refractivity contribution in [3.8, 4) is 11.9 Å². The average molecular weight is 313 g/mol. The molecule has 1 heterocycles. The highest BCUT2D eigenvalue weighted by Gasteiger charge is 2.16. The van der Waals surface area contributed by atoms with Crippen molar-refractivity contribution >= 4 is 0 Å². The van der Waals surface area contributed by atoms with E-state index in [1.54, 1.807) is 17.9 Å². The van der Waals surface area contributed by atoms with Gasteiger partial charge in [-0.05, 0) is 23.6 Å². The fraction of sp³-hybridized carbons (Fsp3) is 0.600. The second-order valence-electron chi connectivity index (χ2n) is 4.87. The average Bonchev–Trinajstić information content (AvgIpc) is 2.47. The number of nitriles is 1. The Kier molecular flexibility index (Phi) is 10.4. The van der Waals surface area contributed by atoms with Gasteiger partial charge in [-0.1, -0.05) is 26.2 Å². The van der Waals surface area contributed by atoms with Gasteiger partial charge in [-0.15, -0.1) is 0 Å². The van der Waals surface area contributed by atoms with Gasteiger partial charge < -0.3 is 22.9 Å². The topological polar surface area (TPSA) is 75.0 Å². The Bertz CT molecular complexity index is 448. The molecule has 0 saturated heterocycles. The summed E-state index contributed by atoms with van der Waals surface area (Å²) in [5, 5.41) is 9.02. The number of nitrogens with zero attached hydrogens (tertiary/aromatic N) is 2. The van der Waals surface area contributed by atoms with Crippen molar-refractivity contribution in [1.29, 1.82) is 5.26 Å². The lowest BCUT2D eigenvalue weighted by Crippen LogP contribution is -3.00. The summed E-state index contributed by atoms with van der Waals surface area (Å²) in [5.74, 6) is 0.523. The van der Waals surface area contributed by atoms with Crippen molar-refractivity contribution in [3.63, 3.8) is 0 Å². The van der Waals surface area contributed by atoms with Crippen molar-refractivity contribution in [2.45, 2.75) is 45.1 Å². The highest BCUT2D eigenvalue weighted by molar-refractivity contribution is 5.33. The van der Waals surface area contributed by atoms with Crippen LogP contribution in [0.5, 0.6) is 5.88 Å². The molecule has 0 aromatic carbocycles. The van der Waals surface area contributed by atoms with Crippen molar-refractivity contribution in [3.05, 3.63) is 23.9 Å². The maximum atomic E-state index is 9.02. The second-order valence-corrected chi connectivity index (χ2v) is 4.87. The van der Waals surface area contributed by atoms with Gasteiger partial charge >= 0.3 is 5.88 Å². The molecule has 0 saturated carbocycles. The van der Waals surface area contributed by atoms with Gasteiger partial charge in [-0.2, -0.15) is 10.7 Å². The van der Waals surface area contributed by atoms with Crippen LogP contribution in [-0.4, -0.2) is 19.7 Å². The van der Waals surface area contributed by atoms with Crippen LogP contribution in [0.25, 0.3) is 0 Å².